The van der Waals surface area contributed by atoms with E-state index in [1.165, 1.54) is 21.9 Å². The fraction of sp³-hybridized carbons (Fsp3) is 0.545. The Bertz CT molecular complexity index is 1900. The Morgan fingerprint density at radius 3 is 1.95 bits per heavy atom. The second-order valence-corrected chi connectivity index (χ2v) is 16.4. The van der Waals surface area contributed by atoms with E-state index in [2.05, 4.69) is 26.6 Å². The van der Waals surface area contributed by atoms with Crippen LogP contribution in [0.3, 0.4) is 0 Å². The smallest absolute Gasteiger partial charge is 0.326 e. The SMILES string of the molecule is CC[C@H](C)[C@H](NC(=O)[C@@H]1CCCN1C(=O)[C@@H]1CCCN1C(=O)CCN)C(=O)N[C@H](C(=O)NCC(=O)N[C@@H](Cc1ccc(O)cc1)C(=O)N[C@@H](Cc1ccccc1)C(=O)O)C(C)C. The van der Waals surface area contributed by atoms with Gasteiger partial charge in [-0.3, -0.25) is 33.6 Å². The number of benzene rings is 2. The topological polar surface area (TPSA) is 270 Å². The molecule has 4 rings (SSSR count). The number of aliphatic carboxylic acids is 1. The molecule has 9 N–H and O–H groups in total. The fourth-order valence-corrected chi connectivity index (χ4v) is 7.73. The van der Waals surface area contributed by atoms with Crippen molar-refractivity contribution in [3.05, 3.63) is 65.7 Å². The minimum atomic E-state index is -1.32. The van der Waals surface area contributed by atoms with Crippen molar-refractivity contribution in [1.82, 2.24) is 36.4 Å². The first-order chi connectivity index (χ1) is 29.5. The van der Waals surface area contributed by atoms with Gasteiger partial charge in [0, 0.05) is 38.9 Å². The number of phenols is 1. The molecule has 7 amide bonds. The van der Waals surface area contributed by atoms with E-state index in [0.717, 1.165) is 0 Å². The highest BCUT2D eigenvalue weighted by atomic mass is 16.4. The average molecular weight is 863 g/mol. The Balaban J connectivity index is 1.40. The average Bonchev–Trinajstić information content (AvgIpc) is 3.95. The molecule has 338 valence electrons. The minimum Gasteiger partial charge on any atom is -0.508 e. The van der Waals surface area contributed by atoms with E-state index in [1.807, 2.05) is 6.92 Å². The number of hydrogen-bond acceptors (Lipinski definition) is 10. The zero-order chi connectivity index (χ0) is 45.5. The number of amides is 7. The normalized spacial score (nSPS) is 18.5. The predicted octanol–water partition coefficient (Wildman–Crippen LogP) is 0.350. The van der Waals surface area contributed by atoms with E-state index in [1.54, 1.807) is 63.2 Å². The van der Waals surface area contributed by atoms with Crippen LogP contribution in [0.2, 0.25) is 0 Å². The molecule has 2 saturated heterocycles. The minimum absolute atomic E-state index is 0.0150. The maximum absolute atomic E-state index is 13.9. The second kappa shape index (κ2) is 23.3. The summed E-state index contributed by atoms with van der Waals surface area (Å²) >= 11 is 0. The number of rotatable bonds is 21. The molecule has 2 aromatic rings. The molecule has 2 aliphatic rings. The highest BCUT2D eigenvalue weighted by Gasteiger charge is 2.43. The molecule has 18 nitrogen and oxygen atoms in total. The molecule has 7 atom stereocenters. The van der Waals surface area contributed by atoms with Crippen LogP contribution < -0.4 is 32.3 Å². The summed E-state index contributed by atoms with van der Waals surface area (Å²) in [5.74, 6) is -6.07. The highest BCUT2D eigenvalue weighted by Crippen LogP contribution is 2.26. The van der Waals surface area contributed by atoms with Crippen LogP contribution in [0.4, 0.5) is 0 Å². The molecule has 2 aromatic carbocycles. The van der Waals surface area contributed by atoms with Crippen LogP contribution >= 0.6 is 0 Å². The molecule has 18 heteroatoms. The molecule has 62 heavy (non-hydrogen) atoms. The van der Waals surface area contributed by atoms with Crippen LogP contribution in [-0.2, 0) is 51.2 Å². The van der Waals surface area contributed by atoms with Crippen molar-refractivity contribution in [2.24, 2.45) is 17.6 Å². The molecule has 0 saturated carbocycles. The van der Waals surface area contributed by atoms with Crippen LogP contribution in [0.25, 0.3) is 0 Å². The lowest BCUT2D eigenvalue weighted by Crippen LogP contribution is -2.60. The van der Waals surface area contributed by atoms with Gasteiger partial charge in [0.05, 0.1) is 6.54 Å². The van der Waals surface area contributed by atoms with E-state index in [9.17, 15) is 48.6 Å². The molecular weight excluding hydrogens is 801 g/mol. The molecule has 0 aromatic heterocycles. The van der Waals surface area contributed by atoms with Crippen molar-refractivity contribution in [3.8, 4) is 5.75 Å². The number of carboxylic acid groups (broad SMARTS) is 1. The third-order valence-electron chi connectivity index (χ3n) is 11.4. The first kappa shape index (κ1) is 48.6. The van der Waals surface area contributed by atoms with Gasteiger partial charge in [0.1, 0.15) is 42.0 Å². The summed E-state index contributed by atoms with van der Waals surface area (Å²) in [6.45, 7) is 7.35. The van der Waals surface area contributed by atoms with Gasteiger partial charge in [-0.05, 0) is 60.8 Å². The van der Waals surface area contributed by atoms with Gasteiger partial charge >= 0.3 is 5.97 Å². The Labute approximate surface area is 362 Å². The summed E-state index contributed by atoms with van der Waals surface area (Å²) in [6.07, 6.45) is 2.60. The van der Waals surface area contributed by atoms with E-state index < -0.39 is 84.2 Å². The number of hydrogen-bond donors (Lipinski definition) is 8. The number of carbonyl (C=O) groups is 8. The Kier molecular flexibility index (Phi) is 18.2. The number of nitrogens with one attached hydrogen (secondary N) is 5. The highest BCUT2D eigenvalue weighted by molar-refractivity contribution is 5.97. The van der Waals surface area contributed by atoms with Crippen LogP contribution in [-0.4, -0.2) is 130 Å². The van der Waals surface area contributed by atoms with Crippen molar-refractivity contribution in [2.45, 2.75) is 115 Å². The maximum Gasteiger partial charge on any atom is 0.326 e. The van der Waals surface area contributed by atoms with Crippen LogP contribution in [0.15, 0.2) is 54.6 Å². The summed E-state index contributed by atoms with van der Waals surface area (Å²) in [5, 5.41) is 32.8. The maximum atomic E-state index is 13.9. The van der Waals surface area contributed by atoms with Crippen molar-refractivity contribution in [1.29, 1.82) is 0 Å². The zero-order valence-electron chi connectivity index (χ0n) is 35.9. The summed E-state index contributed by atoms with van der Waals surface area (Å²) in [4.78, 5) is 110. The molecule has 0 spiro atoms. The lowest BCUT2D eigenvalue weighted by molar-refractivity contribution is -0.147. The molecular formula is C44H62N8O10. The molecule has 2 fully saturated rings. The van der Waals surface area contributed by atoms with Crippen molar-refractivity contribution < 1.29 is 48.6 Å². The number of likely N-dealkylation sites (tertiary alicyclic amines) is 2. The van der Waals surface area contributed by atoms with Gasteiger partial charge in [-0.1, -0.05) is 76.6 Å². The van der Waals surface area contributed by atoms with Crippen molar-refractivity contribution >= 4 is 47.3 Å². The van der Waals surface area contributed by atoms with Crippen LogP contribution in [0.1, 0.15) is 77.3 Å². The fourth-order valence-electron chi connectivity index (χ4n) is 7.73. The van der Waals surface area contributed by atoms with Gasteiger partial charge in [0.2, 0.25) is 41.4 Å². The van der Waals surface area contributed by atoms with Crippen molar-refractivity contribution in [3.63, 3.8) is 0 Å². The number of aromatic hydroxyl groups is 1. The lowest BCUT2D eigenvalue weighted by Gasteiger charge is -2.33. The Hall–Kier alpha value is -6.04. The van der Waals surface area contributed by atoms with E-state index >= 15 is 0 Å². The van der Waals surface area contributed by atoms with Gasteiger partial charge in [0.25, 0.3) is 0 Å². The Morgan fingerprint density at radius 1 is 0.726 bits per heavy atom. The number of carboxylic acids is 1. The van der Waals surface area contributed by atoms with Gasteiger partial charge in [0.15, 0.2) is 0 Å². The third kappa shape index (κ3) is 13.5. The number of nitrogens with two attached hydrogens (primary N) is 1. The number of carbonyl (C=O) groups excluding carboxylic acids is 7. The zero-order valence-corrected chi connectivity index (χ0v) is 35.9. The molecule has 2 aliphatic heterocycles. The van der Waals surface area contributed by atoms with E-state index in [4.69, 9.17) is 5.73 Å². The van der Waals surface area contributed by atoms with Gasteiger partial charge in [-0.2, -0.15) is 0 Å². The summed E-state index contributed by atoms with van der Waals surface area (Å²) in [7, 11) is 0. The number of phenolic OH excluding ortho intramolecular Hbond substituents is 1. The Morgan fingerprint density at radius 2 is 1.34 bits per heavy atom. The van der Waals surface area contributed by atoms with E-state index in [-0.39, 0.29) is 49.3 Å². The van der Waals surface area contributed by atoms with Gasteiger partial charge in [-0.25, -0.2) is 4.79 Å². The molecule has 0 radical (unpaired) electrons. The largest absolute Gasteiger partial charge is 0.508 e. The van der Waals surface area contributed by atoms with Crippen molar-refractivity contribution in [2.75, 3.05) is 26.2 Å². The molecule has 0 aliphatic carbocycles. The molecule has 0 unspecified atom stereocenters. The monoisotopic (exact) mass is 862 g/mol. The molecule has 0 bridgehead atoms. The first-order valence-corrected chi connectivity index (χ1v) is 21.4. The summed E-state index contributed by atoms with van der Waals surface area (Å²) < 4.78 is 0. The first-order valence-electron chi connectivity index (χ1n) is 21.4. The second-order valence-electron chi connectivity index (χ2n) is 16.4. The summed E-state index contributed by atoms with van der Waals surface area (Å²) in [6, 6.07) is 8.28. The molecule has 2 heterocycles. The third-order valence-corrected chi connectivity index (χ3v) is 11.4. The van der Waals surface area contributed by atoms with Gasteiger partial charge < -0.3 is 52.3 Å². The number of nitrogens with zero attached hydrogens (tertiary/aromatic N) is 2. The summed E-state index contributed by atoms with van der Waals surface area (Å²) in [5.41, 5.74) is 6.81. The standard InChI is InChI=1S/C44H62N8O10/c1-5-27(4)38(50-40(57)33-13-9-22-52(33)43(60)34-14-10-21-51(34)36(55)19-20-45)42(59)49-37(26(2)3)41(58)46-25-35(54)47-31(23-29-15-17-30(53)18-16-29)39(56)48-32(44(61)62)24-28-11-7-6-8-12-28/h6-8,11-12,15-18,26-27,31-34,37-38,53H,5,9-10,13-14,19-25,45H2,1-4H3,(H,46,58)(H,47,54)(H,48,56)(H,49,59)(H,50,57)(H,61,62)/t27-,31-,32-,33-,34-,37-,38-/m0/s1. The lowest BCUT2D eigenvalue weighted by atomic mass is 9.96. The predicted molar refractivity (Wildman–Crippen MR) is 228 cm³/mol. The van der Waals surface area contributed by atoms with Gasteiger partial charge in [-0.15, -0.1) is 0 Å². The van der Waals surface area contributed by atoms with E-state index in [0.29, 0.717) is 56.3 Å². The quantitative estimate of drug-likeness (QED) is 0.0849. The van der Waals surface area contributed by atoms with Crippen LogP contribution in [0, 0.1) is 11.8 Å². The van der Waals surface area contributed by atoms with Crippen LogP contribution in [0.5, 0.6) is 5.75 Å².